The van der Waals surface area contributed by atoms with Crippen LogP contribution in [0.15, 0.2) is 22.7 Å². The lowest BCUT2D eigenvalue weighted by Crippen LogP contribution is -2.28. The summed E-state index contributed by atoms with van der Waals surface area (Å²) in [6.07, 6.45) is 0.990. The molecule has 0 aromatic heterocycles. The summed E-state index contributed by atoms with van der Waals surface area (Å²) in [4.78, 5) is 12.9. The smallest absolute Gasteiger partial charge is 0.293 e. The normalized spacial score (nSPS) is 23.4. The fourth-order valence-electron chi connectivity index (χ4n) is 2.53. The summed E-state index contributed by atoms with van der Waals surface area (Å²) in [5.41, 5.74) is 6.52. The maximum absolute atomic E-state index is 11.1. The van der Waals surface area contributed by atoms with Gasteiger partial charge in [-0.25, -0.2) is 0 Å². The van der Waals surface area contributed by atoms with Crippen LogP contribution in [-0.2, 0) is 0 Å². The van der Waals surface area contributed by atoms with Gasteiger partial charge >= 0.3 is 0 Å². The van der Waals surface area contributed by atoms with Crippen molar-refractivity contribution in [1.82, 2.24) is 0 Å². The molecule has 0 radical (unpaired) electrons. The molecule has 18 heavy (non-hydrogen) atoms. The van der Waals surface area contributed by atoms with Crippen molar-refractivity contribution in [2.24, 2.45) is 11.7 Å². The molecule has 2 unspecified atom stereocenters. The first-order valence-electron chi connectivity index (χ1n) is 5.93. The van der Waals surface area contributed by atoms with Crippen molar-refractivity contribution >= 4 is 27.3 Å². The predicted molar refractivity (Wildman–Crippen MR) is 74.8 cm³/mol. The lowest BCUT2D eigenvalue weighted by molar-refractivity contribution is -0.384. The number of nitro benzene ring substituents is 1. The van der Waals surface area contributed by atoms with Crippen LogP contribution >= 0.6 is 15.9 Å². The molecule has 0 amide bonds. The van der Waals surface area contributed by atoms with E-state index in [-0.39, 0.29) is 10.6 Å². The molecule has 0 spiro atoms. The highest BCUT2D eigenvalue weighted by Crippen LogP contribution is 2.36. The molecule has 98 valence electrons. The quantitative estimate of drug-likeness (QED) is 0.687. The van der Waals surface area contributed by atoms with Crippen LogP contribution < -0.4 is 10.6 Å². The standard InChI is InChI=1S/C12H16BrN3O2/c1-8-4-9(6-14)7-15(8)11-3-2-10(13)5-12(11)16(17)18/h2-3,5,8-9H,4,6-7,14H2,1H3. The van der Waals surface area contributed by atoms with Crippen LogP contribution in [-0.4, -0.2) is 24.1 Å². The minimum absolute atomic E-state index is 0.147. The molecular weight excluding hydrogens is 298 g/mol. The third-order valence-electron chi connectivity index (χ3n) is 3.44. The molecular formula is C12H16BrN3O2. The van der Waals surface area contributed by atoms with E-state index in [1.165, 1.54) is 0 Å². The Bertz CT molecular complexity index is 467. The van der Waals surface area contributed by atoms with Crippen molar-refractivity contribution < 1.29 is 4.92 Å². The molecule has 2 N–H and O–H groups in total. The molecule has 0 aliphatic carbocycles. The fraction of sp³-hybridized carbons (Fsp3) is 0.500. The van der Waals surface area contributed by atoms with Crippen LogP contribution in [0, 0.1) is 16.0 Å². The van der Waals surface area contributed by atoms with Crippen molar-refractivity contribution in [1.29, 1.82) is 0 Å². The Hall–Kier alpha value is -1.14. The van der Waals surface area contributed by atoms with E-state index < -0.39 is 0 Å². The van der Waals surface area contributed by atoms with E-state index in [0.717, 1.165) is 17.4 Å². The second-order valence-corrected chi connectivity index (χ2v) is 5.64. The number of hydrogen-bond donors (Lipinski definition) is 1. The number of nitro groups is 1. The highest BCUT2D eigenvalue weighted by molar-refractivity contribution is 9.10. The average molecular weight is 314 g/mol. The van der Waals surface area contributed by atoms with Crippen LogP contribution in [0.3, 0.4) is 0 Å². The Morgan fingerprint density at radius 2 is 2.33 bits per heavy atom. The van der Waals surface area contributed by atoms with E-state index in [0.29, 0.717) is 24.2 Å². The zero-order valence-electron chi connectivity index (χ0n) is 10.2. The summed E-state index contributed by atoms with van der Waals surface area (Å²) in [5, 5.41) is 11.1. The lowest BCUT2D eigenvalue weighted by Gasteiger charge is -2.23. The first kappa shape index (κ1) is 13.3. The van der Waals surface area contributed by atoms with Crippen molar-refractivity contribution in [2.75, 3.05) is 18.0 Å². The van der Waals surface area contributed by atoms with Crippen LogP contribution in [0.4, 0.5) is 11.4 Å². The number of benzene rings is 1. The largest absolute Gasteiger partial charge is 0.363 e. The summed E-state index contributed by atoms with van der Waals surface area (Å²) >= 11 is 3.27. The number of hydrogen-bond acceptors (Lipinski definition) is 4. The first-order valence-corrected chi connectivity index (χ1v) is 6.73. The van der Waals surface area contributed by atoms with Crippen molar-refractivity contribution in [3.63, 3.8) is 0 Å². The molecule has 1 aliphatic rings. The van der Waals surface area contributed by atoms with Crippen molar-refractivity contribution in [3.8, 4) is 0 Å². The van der Waals surface area contributed by atoms with E-state index in [9.17, 15) is 10.1 Å². The maximum atomic E-state index is 11.1. The van der Waals surface area contributed by atoms with Crippen LogP contribution in [0.2, 0.25) is 0 Å². The lowest BCUT2D eigenvalue weighted by atomic mass is 10.1. The van der Waals surface area contributed by atoms with Gasteiger partial charge in [0.15, 0.2) is 0 Å². The monoisotopic (exact) mass is 313 g/mol. The molecule has 1 fully saturated rings. The topological polar surface area (TPSA) is 72.4 Å². The number of anilines is 1. The predicted octanol–water partition coefficient (Wildman–Crippen LogP) is 2.53. The van der Waals surface area contributed by atoms with Gasteiger partial charge in [-0.05, 0) is 37.9 Å². The number of nitrogens with zero attached hydrogens (tertiary/aromatic N) is 2. The van der Waals surface area contributed by atoms with Gasteiger partial charge in [0.1, 0.15) is 5.69 Å². The van der Waals surface area contributed by atoms with Crippen LogP contribution in [0.1, 0.15) is 13.3 Å². The molecule has 2 rings (SSSR count). The zero-order valence-corrected chi connectivity index (χ0v) is 11.8. The highest BCUT2D eigenvalue weighted by atomic mass is 79.9. The Labute approximate surface area is 114 Å². The SMILES string of the molecule is CC1CC(CN)CN1c1ccc(Br)cc1[N+](=O)[O-]. The van der Waals surface area contributed by atoms with E-state index in [2.05, 4.69) is 27.8 Å². The Morgan fingerprint density at radius 1 is 1.61 bits per heavy atom. The van der Waals surface area contributed by atoms with Gasteiger partial charge in [-0.15, -0.1) is 0 Å². The van der Waals surface area contributed by atoms with Gasteiger partial charge in [-0.2, -0.15) is 0 Å². The highest BCUT2D eigenvalue weighted by Gasteiger charge is 2.32. The van der Waals surface area contributed by atoms with Gasteiger partial charge in [-0.1, -0.05) is 15.9 Å². The van der Waals surface area contributed by atoms with E-state index >= 15 is 0 Å². The molecule has 2 atom stereocenters. The molecule has 5 nitrogen and oxygen atoms in total. The molecule has 0 saturated carbocycles. The summed E-state index contributed by atoms with van der Waals surface area (Å²) in [6, 6.07) is 5.48. The third-order valence-corrected chi connectivity index (χ3v) is 3.93. The van der Waals surface area contributed by atoms with Gasteiger partial charge in [0.25, 0.3) is 5.69 Å². The first-order chi connectivity index (χ1) is 8.52. The van der Waals surface area contributed by atoms with E-state index in [1.54, 1.807) is 12.1 Å². The van der Waals surface area contributed by atoms with Gasteiger partial charge in [0.05, 0.1) is 4.92 Å². The summed E-state index contributed by atoms with van der Waals surface area (Å²) in [6.45, 7) is 3.51. The number of nitrogens with two attached hydrogens (primary N) is 1. The molecule has 0 bridgehead atoms. The Morgan fingerprint density at radius 3 is 2.89 bits per heavy atom. The van der Waals surface area contributed by atoms with Gasteiger partial charge in [0, 0.05) is 23.1 Å². The minimum atomic E-state index is -0.331. The van der Waals surface area contributed by atoms with Crippen LogP contribution in [0.25, 0.3) is 0 Å². The summed E-state index contributed by atoms with van der Waals surface area (Å²) < 4.78 is 0.722. The van der Waals surface area contributed by atoms with E-state index in [4.69, 9.17) is 5.73 Å². The average Bonchev–Trinajstić information content (AvgIpc) is 2.70. The Kier molecular flexibility index (Phi) is 3.87. The molecule has 6 heteroatoms. The number of halogens is 1. The zero-order chi connectivity index (χ0) is 13.3. The van der Waals surface area contributed by atoms with Gasteiger partial charge in [-0.3, -0.25) is 10.1 Å². The molecule has 1 heterocycles. The number of rotatable bonds is 3. The second kappa shape index (κ2) is 5.24. The molecule has 1 aromatic rings. The van der Waals surface area contributed by atoms with Crippen molar-refractivity contribution in [2.45, 2.75) is 19.4 Å². The second-order valence-electron chi connectivity index (χ2n) is 4.73. The summed E-state index contributed by atoms with van der Waals surface area (Å²) in [7, 11) is 0. The maximum Gasteiger partial charge on any atom is 0.293 e. The van der Waals surface area contributed by atoms with Gasteiger partial charge < -0.3 is 10.6 Å². The van der Waals surface area contributed by atoms with Crippen LogP contribution in [0.5, 0.6) is 0 Å². The molecule has 1 saturated heterocycles. The summed E-state index contributed by atoms with van der Waals surface area (Å²) in [5.74, 6) is 0.420. The fourth-order valence-corrected chi connectivity index (χ4v) is 2.88. The van der Waals surface area contributed by atoms with E-state index in [1.807, 2.05) is 6.07 Å². The Balaban J connectivity index is 2.36. The minimum Gasteiger partial charge on any atom is -0.363 e. The van der Waals surface area contributed by atoms with Gasteiger partial charge in [0.2, 0.25) is 0 Å². The molecule has 1 aromatic carbocycles. The molecule has 1 aliphatic heterocycles. The van der Waals surface area contributed by atoms with Crippen molar-refractivity contribution in [3.05, 3.63) is 32.8 Å². The third kappa shape index (κ3) is 2.49.